The molecular formula is C70H82. The van der Waals surface area contributed by atoms with Crippen molar-refractivity contribution in [2.24, 2.45) is 0 Å². The van der Waals surface area contributed by atoms with E-state index < -0.39 is 0 Å². The summed E-state index contributed by atoms with van der Waals surface area (Å²) >= 11 is 0. The zero-order valence-corrected chi connectivity index (χ0v) is 43.3. The second kappa shape index (κ2) is 22.1. The summed E-state index contributed by atoms with van der Waals surface area (Å²) in [4.78, 5) is 0. The van der Waals surface area contributed by atoms with E-state index >= 15 is 0 Å². The van der Waals surface area contributed by atoms with Gasteiger partial charge < -0.3 is 0 Å². The SMILES string of the molecule is C=CCCCCCCC1(CCCCCCC=C)c2cc(C)ccc2-c2ccc(-c3ccc4c(c3)C(CCCCCc3ccc5c(c3)CC5)(CCCCCc3ccc5c(c3)CC5)c3cc(C)ccc3-4)cc21. The molecule has 0 saturated heterocycles. The van der Waals surface area contributed by atoms with Crippen molar-refractivity contribution in [3.8, 4) is 33.4 Å². The number of hydrogen-bond donors (Lipinski definition) is 0. The highest BCUT2D eigenvalue weighted by molar-refractivity contribution is 5.87. The number of unbranched alkanes of at least 4 members (excludes halogenated alkanes) is 12. The van der Waals surface area contributed by atoms with Crippen molar-refractivity contribution in [3.05, 3.63) is 201 Å². The van der Waals surface area contributed by atoms with Crippen molar-refractivity contribution in [2.75, 3.05) is 0 Å². The van der Waals surface area contributed by atoms with Gasteiger partial charge in [0.05, 0.1) is 0 Å². The summed E-state index contributed by atoms with van der Waals surface area (Å²) in [7, 11) is 0. The molecule has 0 saturated carbocycles. The molecule has 4 aliphatic carbocycles. The summed E-state index contributed by atoms with van der Waals surface area (Å²) in [6, 6.07) is 44.9. The fraction of sp³-hybridized carbons (Fsp3) is 0.429. The first-order valence-electron chi connectivity index (χ1n) is 28.3. The molecule has 0 aromatic heterocycles. The predicted octanol–water partition coefficient (Wildman–Crippen LogP) is 19.4. The van der Waals surface area contributed by atoms with Crippen molar-refractivity contribution < 1.29 is 0 Å². The Morgan fingerprint density at radius 3 is 1.09 bits per heavy atom. The van der Waals surface area contributed by atoms with Crippen molar-refractivity contribution in [2.45, 2.75) is 192 Å². The van der Waals surface area contributed by atoms with Crippen LogP contribution >= 0.6 is 0 Å². The smallest absolute Gasteiger partial charge is 0.0215 e. The van der Waals surface area contributed by atoms with E-state index in [1.54, 1.807) is 55.6 Å². The van der Waals surface area contributed by atoms with Crippen LogP contribution in [0.3, 0.4) is 0 Å². The van der Waals surface area contributed by atoms with E-state index in [1.165, 1.54) is 199 Å². The third-order valence-corrected chi connectivity index (χ3v) is 17.9. The van der Waals surface area contributed by atoms with E-state index in [0.717, 1.165) is 12.8 Å². The molecular weight excluding hydrogens is 841 g/mol. The van der Waals surface area contributed by atoms with Gasteiger partial charge in [0, 0.05) is 10.8 Å². The molecule has 0 aliphatic heterocycles. The molecule has 6 aromatic rings. The molecule has 0 nitrogen and oxygen atoms in total. The van der Waals surface area contributed by atoms with Gasteiger partial charge in [-0.2, -0.15) is 0 Å². The molecule has 6 aromatic carbocycles. The normalized spacial score (nSPS) is 14.9. The molecule has 0 bridgehead atoms. The average molecular weight is 923 g/mol. The van der Waals surface area contributed by atoms with Crippen LogP contribution in [0.25, 0.3) is 33.4 Å². The molecule has 0 radical (unpaired) electrons. The summed E-state index contributed by atoms with van der Waals surface area (Å²) in [5.74, 6) is 0. The Bertz CT molecular complexity index is 2720. The van der Waals surface area contributed by atoms with Crippen LogP contribution in [0.2, 0.25) is 0 Å². The average Bonchev–Trinajstić information content (AvgIpc) is 3.77. The third kappa shape index (κ3) is 10.0. The van der Waals surface area contributed by atoms with Gasteiger partial charge in [-0.25, -0.2) is 0 Å². The van der Waals surface area contributed by atoms with Gasteiger partial charge in [0.15, 0.2) is 0 Å². The highest BCUT2D eigenvalue weighted by Gasteiger charge is 2.44. The maximum atomic E-state index is 4.01. The van der Waals surface area contributed by atoms with Crippen LogP contribution in [0.1, 0.15) is 195 Å². The lowest BCUT2D eigenvalue weighted by Crippen LogP contribution is -2.26. The molecule has 0 fully saturated rings. The minimum absolute atomic E-state index is 0.0173. The van der Waals surface area contributed by atoms with E-state index in [0.29, 0.717) is 0 Å². The topological polar surface area (TPSA) is 0 Å². The Balaban J connectivity index is 0.971. The molecule has 0 N–H and O–H groups in total. The molecule has 4 aliphatic rings. The zero-order valence-electron chi connectivity index (χ0n) is 43.3. The van der Waals surface area contributed by atoms with E-state index in [-0.39, 0.29) is 10.8 Å². The maximum absolute atomic E-state index is 4.01. The van der Waals surface area contributed by atoms with Crippen LogP contribution in [0.15, 0.2) is 135 Å². The first-order chi connectivity index (χ1) is 34.4. The van der Waals surface area contributed by atoms with E-state index in [4.69, 9.17) is 0 Å². The Hall–Kier alpha value is -5.20. The van der Waals surface area contributed by atoms with E-state index in [2.05, 4.69) is 148 Å². The van der Waals surface area contributed by atoms with Gasteiger partial charge in [0.1, 0.15) is 0 Å². The molecule has 0 amide bonds. The molecule has 0 heteroatoms. The molecule has 0 atom stereocenters. The number of rotatable bonds is 27. The lowest BCUT2D eigenvalue weighted by molar-refractivity contribution is 0.399. The van der Waals surface area contributed by atoms with E-state index in [1.807, 2.05) is 0 Å². The second-order valence-electron chi connectivity index (χ2n) is 22.6. The first-order valence-corrected chi connectivity index (χ1v) is 28.3. The second-order valence-corrected chi connectivity index (χ2v) is 22.6. The molecule has 0 spiro atoms. The van der Waals surface area contributed by atoms with Gasteiger partial charge >= 0.3 is 0 Å². The summed E-state index contributed by atoms with van der Waals surface area (Å²) < 4.78 is 0. The summed E-state index contributed by atoms with van der Waals surface area (Å²) in [6.07, 6.45) is 36.6. The van der Waals surface area contributed by atoms with Gasteiger partial charge in [-0.1, -0.05) is 185 Å². The van der Waals surface area contributed by atoms with Crippen molar-refractivity contribution in [1.29, 1.82) is 0 Å². The lowest BCUT2D eigenvalue weighted by Gasteiger charge is -2.34. The number of fused-ring (bicyclic) bond motifs is 8. The first kappa shape index (κ1) is 48.4. The van der Waals surface area contributed by atoms with E-state index in [9.17, 15) is 0 Å². The number of hydrogen-bond acceptors (Lipinski definition) is 0. The summed E-state index contributed by atoms with van der Waals surface area (Å²) in [6.45, 7) is 12.6. The highest BCUT2D eigenvalue weighted by atomic mass is 14.5. The fourth-order valence-electron chi connectivity index (χ4n) is 13.7. The van der Waals surface area contributed by atoms with Crippen molar-refractivity contribution in [3.63, 3.8) is 0 Å². The van der Waals surface area contributed by atoms with Crippen LogP contribution in [0, 0.1) is 13.8 Å². The fourth-order valence-corrected chi connectivity index (χ4v) is 13.7. The van der Waals surface area contributed by atoms with Gasteiger partial charge in [0.25, 0.3) is 0 Å². The summed E-state index contributed by atoms with van der Waals surface area (Å²) in [5, 5.41) is 0. The number of aryl methyl sites for hydroxylation is 8. The molecule has 362 valence electrons. The van der Waals surface area contributed by atoms with Crippen LogP contribution in [-0.2, 0) is 49.4 Å². The van der Waals surface area contributed by atoms with Crippen LogP contribution in [0.4, 0.5) is 0 Å². The quantitative estimate of drug-likeness (QED) is 0.0357. The Morgan fingerprint density at radius 1 is 0.357 bits per heavy atom. The van der Waals surface area contributed by atoms with Gasteiger partial charge in [-0.15, -0.1) is 13.2 Å². The highest BCUT2D eigenvalue weighted by Crippen LogP contribution is 2.57. The summed E-state index contributed by atoms with van der Waals surface area (Å²) in [5.41, 5.74) is 27.4. The number of benzene rings is 6. The predicted molar refractivity (Wildman–Crippen MR) is 302 cm³/mol. The molecule has 0 unspecified atom stereocenters. The largest absolute Gasteiger partial charge is 0.103 e. The van der Waals surface area contributed by atoms with Crippen LogP contribution < -0.4 is 0 Å². The van der Waals surface area contributed by atoms with Crippen LogP contribution in [-0.4, -0.2) is 0 Å². The minimum atomic E-state index is 0.0173. The van der Waals surface area contributed by atoms with Crippen molar-refractivity contribution >= 4 is 0 Å². The van der Waals surface area contributed by atoms with Crippen molar-refractivity contribution in [1.82, 2.24) is 0 Å². The molecule has 10 rings (SSSR count). The monoisotopic (exact) mass is 923 g/mol. The zero-order chi connectivity index (χ0) is 47.9. The molecule has 0 heterocycles. The third-order valence-electron chi connectivity index (χ3n) is 17.9. The minimum Gasteiger partial charge on any atom is -0.103 e. The van der Waals surface area contributed by atoms with Gasteiger partial charge in [0.2, 0.25) is 0 Å². The molecule has 70 heavy (non-hydrogen) atoms. The number of allylic oxidation sites excluding steroid dienone is 2. The van der Waals surface area contributed by atoms with Gasteiger partial charge in [-0.05, 0) is 218 Å². The standard InChI is InChI=1S/C70H82/c1-5-7-9-11-13-19-41-69(42-20-14-12-10-8-6-2)65-45-51(3)25-37-61(65)63-39-35-59(49-67(63)69)60-36-40-64-62-38-26-52(4)46-66(62)70(68(64)50-60,43-21-15-17-23-53-27-29-55-31-33-57(55)47-53)44-22-16-18-24-54-28-30-56-32-34-58(56)48-54/h5-6,25-30,35-40,45-50H,1-2,7-24,31-34,41-44H2,3-4H3. The Labute approximate surface area is 424 Å². The Morgan fingerprint density at radius 2 is 0.714 bits per heavy atom. The Kier molecular flexibility index (Phi) is 15.3. The van der Waals surface area contributed by atoms with Crippen LogP contribution in [0.5, 0.6) is 0 Å². The lowest BCUT2D eigenvalue weighted by atomic mass is 9.69. The maximum Gasteiger partial charge on any atom is 0.0215 e. The van der Waals surface area contributed by atoms with Gasteiger partial charge in [-0.3, -0.25) is 0 Å².